The maximum atomic E-state index is 5.41. The summed E-state index contributed by atoms with van der Waals surface area (Å²) in [4.78, 5) is 10.1. The van der Waals surface area contributed by atoms with Crippen LogP contribution in [-0.4, -0.2) is 24.1 Å². The lowest BCUT2D eigenvalue weighted by molar-refractivity contribution is 0.922. The van der Waals surface area contributed by atoms with Gasteiger partial charge in [0.15, 0.2) is 0 Å². The first-order valence-electron chi connectivity index (χ1n) is 3.43. The summed E-state index contributed by atoms with van der Waals surface area (Å²) in [6, 6.07) is 1.81. The standard InChI is InChI=1S/C7H12N4/c1-11(2)7-9-4-3-6(5-8)10-7/h3-4H,5,8H2,1-2H3. The zero-order chi connectivity index (χ0) is 8.27. The molecule has 0 radical (unpaired) electrons. The van der Waals surface area contributed by atoms with Gasteiger partial charge >= 0.3 is 0 Å². The Labute approximate surface area is 66.1 Å². The van der Waals surface area contributed by atoms with Crippen molar-refractivity contribution in [2.24, 2.45) is 5.73 Å². The van der Waals surface area contributed by atoms with Gasteiger partial charge in [0, 0.05) is 26.8 Å². The number of anilines is 1. The van der Waals surface area contributed by atoms with E-state index in [1.165, 1.54) is 0 Å². The molecule has 60 valence electrons. The predicted octanol–water partition coefficient (Wildman–Crippen LogP) is 0.00130. The fourth-order valence-corrected chi connectivity index (χ4v) is 0.714. The summed E-state index contributed by atoms with van der Waals surface area (Å²) in [6.45, 7) is 0.462. The smallest absolute Gasteiger partial charge is 0.225 e. The van der Waals surface area contributed by atoms with E-state index < -0.39 is 0 Å². The lowest BCUT2D eigenvalue weighted by atomic mass is 10.4. The molecule has 0 saturated heterocycles. The molecule has 1 aromatic heterocycles. The molecule has 0 fully saturated rings. The van der Waals surface area contributed by atoms with Crippen molar-refractivity contribution in [2.75, 3.05) is 19.0 Å². The number of hydrogen-bond acceptors (Lipinski definition) is 4. The average Bonchev–Trinajstić information content (AvgIpc) is 2.05. The Morgan fingerprint density at radius 1 is 1.55 bits per heavy atom. The zero-order valence-corrected chi connectivity index (χ0v) is 6.78. The van der Waals surface area contributed by atoms with Crippen LogP contribution in [0.1, 0.15) is 5.69 Å². The molecule has 2 N–H and O–H groups in total. The Balaban J connectivity index is 2.91. The molecule has 4 heteroatoms. The van der Waals surface area contributed by atoms with Crippen molar-refractivity contribution in [1.29, 1.82) is 0 Å². The maximum absolute atomic E-state index is 5.41. The highest BCUT2D eigenvalue weighted by Gasteiger charge is 1.97. The van der Waals surface area contributed by atoms with Crippen molar-refractivity contribution < 1.29 is 0 Å². The largest absolute Gasteiger partial charge is 0.347 e. The average molecular weight is 152 g/mol. The van der Waals surface area contributed by atoms with Gasteiger partial charge in [0.25, 0.3) is 0 Å². The summed E-state index contributed by atoms with van der Waals surface area (Å²) in [6.07, 6.45) is 1.71. The summed E-state index contributed by atoms with van der Waals surface area (Å²) < 4.78 is 0. The molecule has 1 rings (SSSR count). The molecule has 11 heavy (non-hydrogen) atoms. The lowest BCUT2D eigenvalue weighted by Gasteiger charge is -2.09. The van der Waals surface area contributed by atoms with Crippen molar-refractivity contribution in [3.05, 3.63) is 18.0 Å². The molecular formula is C7H12N4. The van der Waals surface area contributed by atoms with Gasteiger partial charge in [-0.1, -0.05) is 0 Å². The minimum absolute atomic E-state index is 0.462. The molecule has 0 amide bonds. The van der Waals surface area contributed by atoms with E-state index in [1.54, 1.807) is 6.20 Å². The van der Waals surface area contributed by atoms with Gasteiger partial charge in [-0.2, -0.15) is 0 Å². The van der Waals surface area contributed by atoms with Gasteiger partial charge in [0.2, 0.25) is 5.95 Å². The highest BCUT2D eigenvalue weighted by molar-refractivity contribution is 5.26. The second kappa shape index (κ2) is 3.30. The topological polar surface area (TPSA) is 55.0 Å². The SMILES string of the molecule is CN(C)c1nccc(CN)n1. The van der Waals surface area contributed by atoms with Gasteiger partial charge in [-0.3, -0.25) is 0 Å². The van der Waals surface area contributed by atoms with Gasteiger partial charge < -0.3 is 10.6 Å². The summed E-state index contributed by atoms with van der Waals surface area (Å²) in [5, 5.41) is 0. The maximum Gasteiger partial charge on any atom is 0.225 e. The molecule has 0 atom stereocenters. The number of rotatable bonds is 2. The van der Waals surface area contributed by atoms with E-state index >= 15 is 0 Å². The Morgan fingerprint density at radius 3 is 2.82 bits per heavy atom. The molecule has 1 aromatic rings. The van der Waals surface area contributed by atoms with Crippen LogP contribution in [0, 0.1) is 0 Å². The number of aromatic nitrogens is 2. The number of nitrogens with zero attached hydrogens (tertiary/aromatic N) is 3. The molecule has 0 bridgehead atoms. The first-order valence-corrected chi connectivity index (χ1v) is 3.43. The number of hydrogen-bond donors (Lipinski definition) is 1. The fourth-order valence-electron chi connectivity index (χ4n) is 0.714. The van der Waals surface area contributed by atoms with Crippen LogP contribution in [0.5, 0.6) is 0 Å². The minimum Gasteiger partial charge on any atom is -0.347 e. The highest BCUT2D eigenvalue weighted by atomic mass is 15.2. The molecule has 0 saturated carbocycles. The van der Waals surface area contributed by atoms with Gasteiger partial charge in [0.1, 0.15) is 0 Å². The van der Waals surface area contributed by atoms with Gasteiger partial charge in [0.05, 0.1) is 5.69 Å². The predicted molar refractivity (Wildman–Crippen MR) is 44.3 cm³/mol. The van der Waals surface area contributed by atoms with Crippen LogP contribution < -0.4 is 10.6 Å². The fraction of sp³-hybridized carbons (Fsp3) is 0.429. The quantitative estimate of drug-likeness (QED) is 0.648. The lowest BCUT2D eigenvalue weighted by Crippen LogP contribution is -2.14. The molecule has 0 aliphatic rings. The molecule has 0 unspecified atom stereocenters. The van der Waals surface area contributed by atoms with Crippen molar-refractivity contribution in [3.63, 3.8) is 0 Å². The van der Waals surface area contributed by atoms with E-state index in [9.17, 15) is 0 Å². The Kier molecular flexibility index (Phi) is 2.38. The summed E-state index contributed by atoms with van der Waals surface area (Å²) in [5.74, 6) is 0.702. The van der Waals surface area contributed by atoms with E-state index in [2.05, 4.69) is 9.97 Å². The van der Waals surface area contributed by atoms with Crippen molar-refractivity contribution in [3.8, 4) is 0 Å². The normalized spacial score (nSPS) is 9.73. The highest BCUT2D eigenvalue weighted by Crippen LogP contribution is 2.01. The second-order valence-corrected chi connectivity index (χ2v) is 2.45. The van der Waals surface area contributed by atoms with Crippen LogP contribution in [0.25, 0.3) is 0 Å². The molecule has 0 aliphatic carbocycles. The minimum atomic E-state index is 0.462. The Morgan fingerprint density at radius 2 is 2.27 bits per heavy atom. The van der Waals surface area contributed by atoms with Crippen LogP contribution in [-0.2, 0) is 6.54 Å². The third-order valence-corrected chi connectivity index (χ3v) is 1.31. The van der Waals surface area contributed by atoms with Crippen LogP contribution in [0.4, 0.5) is 5.95 Å². The van der Waals surface area contributed by atoms with Crippen molar-refractivity contribution in [1.82, 2.24) is 9.97 Å². The van der Waals surface area contributed by atoms with Crippen LogP contribution in [0.15, 0.2) is 12.3 Å². The number of nitrogens with two attached hydrogens (primary N) is 1. The van der Waals surface area contributed by atoms with Gasteiger partial charge in [-0.05, 0) is 6.07 Å². The Bertz CT molecular complexity index is 234. The van der Waals surface area contributed by atoms with E-state index in [4.69, 9.17) is 5.73 Å². The van der Waals surface area contributed by atoms with Crippen molar-refractivity contribution >= 4 is 5.95 Å². The second-order valence-electron chi connectivity index (χ2n) is 2.45. The van der Waals surface area contributed by atoms with Crippen LogP contribution >= 0.6 is 0 Å². The van der Waals surface area contributed by atoms with E-state index in [0.717, 1.165) is 5.69 Å². The van der Waals surface area contributed by atoms with Crippen molar-refractivity contribution in [2.45, 2.75) is 6.54 Å². The van der Waals surface area contributed by atoms with Gasteiger partial charge in [-0.25, -0.2) is 9.97 Å². The van der Waals surface area contributed by atoms with E-state index in [-0.39, 0.29) is 0 Å². The third-order valence-electron chi connectivity index (χ3n) is 1.31. The third kappa shape index (κ3) is 1.88. The molecule has 4 nitrogen and oxygen atoms in total. The molecule has 0 aliphatic heterocycles. The summed E-state index contributed by atoms with van der Waals surface area (Å²) in [5.41, 5.74) is 6.27. The van der Waals surface area contributed by atoms with E-state index in [1.807, 2.05) is 25.1 Å². The molecule has 1 heterocycles. The first-order chi connectivity index (χ1) is 5.24. The molecule has 0 aromatic carbocycles. The van der Waals surface area contributed by atoms with E-state index in [0.29, 0.717) is 12.5 Å². The van der Waals surface area contributed by atoms with Crippen LogP contribution in [0.3, 0.4) is 0 Å². The monoisotopic (exact) mass is 152 g/mol. The summed E-state index contributed by atoms with van der Waals surface area (Å²) >= 11 is 0. The molecular weight excluding hydrogens is 140 g/mol. The summed E-state index contributed by atoms with van der Waals surface area (Å²) in [7, 11) is 3.80. The zero-order valence-electron chi connectivity index (χ0n) is 6.78. The van der Waals surface area contributed by atoms with Crippen LogP contribution in [0.2, 0.25) is 0 Å². The van der Waals surface area contributed by atoms with Gasteiger partial charge in [-0.15, -0.1) is 0 Å². The first kappa shape index (κ1) is 7.94. The Hall–Kier alpha value is -1.16. The molecule has 0 spiro atoms.